The molecule has 504 valence electrons. The molecule has 15 aromatic carbocycles. The van der Waals surface area contributed by atoms with E-state index in [2.05, 4.69) is 334 Å². The average molecular weight is 1380 g/mol. The molecule has 10 nitrogen and oxygen atoms in total. The summed E-state index contributed by atoms with van der Waals surface area (Å²) in [5.74, 6) is 1.87. The highest BCUT2D eigenvalue weighted by Gasteiger charge is 2.54. The molecule has 0 radical (unpaired) electrons. The Morgan fingerprint density at radius 3 is 0.796 bits per heavy atom. The topological polar surface area (TPSA) is 110 Å². The lowest BCUT2D eigenvalue weighted by atomic mass is 9.70. The Morgan fingerprint density at radius 2 is 0.444 bits per heavy atom. The zero-order valence-corrected chi connectivity index (χ0v) is 58.0. The Kier molecular flexibility index (Phi) is 13.6. The minimum Gasteiger partial charge on any atom is -0.416 e. The van der Waals surface area contributed by atoms with Gasteiger partial charge in [0.1, 0.15) is 0 Å². The van der Waals surface area contributed by atoms with Crippen LogP contribution in [-0.4, -0.2) is 30.4 Å². The van der Waals surface area contributed by atoms with E-state index in [1.54, 1.807) is 0 Å². The van der Waals surface area contributed by atoms with Crippen molar-refractivity contribution in [1.29, 1.82) is 0 Å². The van der Waals surface area contributed by atoms with E-state index in [0.29, 0.717) is 23.6 Å². The van der Waals surface area contributed by atoms with Crippen molar-refractivity contribution in [2.75, 3.05) is 9.80 Å². The molecule has 0 amide bonds. The van der Waals surface area contributed by atoms with Crippen LogP contribution in [0.2, 0.25) is 0 Å². The molecule has 0 aliphatic heterocycles. The molecule has 0 saturated carbocycles. The summed E-state index contributed by atoms with van der Waals surface area (Å²) >= 11 is 0. The monoisotopic (exact) mass is 1380 g/mol. The summed E-state index contributed by atoms with van der Waals surface area (Å²) in [4.78, 5) is 16.2. The van der Waals surface area contributed by atoms with Crippen molar-refractivity contribution >= 4 is 45.2 Å². The molecule has 0 N–H and O–H groups in total. The number of para-hydroxylation sites is 4. The number of benzene rings is 15. The molecular formula is C98H60N8O2. The van der Waals surface area contributed by atoms with Crippen LogP contribution in [0.25, 0.3) is 124 Å². The van der Waals surface area contributed by atoms with Crippen LogP contribution in [0.3, 0.4) is 0 Å². The van der Waals surface area contributed by atoms with Gasteiger partial charge >= 0.3 is 0 Å². The summed E-state index contributed by atoms with van der Waals surface area (Å²) in [6.45, 7) is 0. The Labute approximate surface area is 622 Å². The number of hydrogen-bond acceptors (Lipinski definition) is 10. The molecule has 108 heavy (non-hydrogen) atoms. The highest BCUT2D eigenvalue weighted by molar-refractivity contribution is 6.01. The number of fused-ring (bicyclic) bond motifs is 21. The molecule has 18 aromatic rings. The molecule has 4 aliphatic rings. The molecule has 0 atom stereocenters. The summed E-state index contributed by atoms with van der Waals surface area (Å²) in [6.07, 6.45) is 0. The normalized spacial score (nSPS) is 13.1. The van der Waals surface area contributed by atoms with Crippen LogP contribution in [0, 0.1) is 0 Å². The molecular weight excluding hydrogens is 1320 g/mol. The van der Waals surface area contributed by atoms with E-state index < -0.39 is 10.8 Å². The highest BCUT2D eigenvalue weighted by Crippen LogP contribution is 2.66. The van der Waals surface area contributed by atoms with Crippen LogP contribution in [0.5, 0.6) is 0 Å². The van der Waals surface area contributed by atoms with Crippen LogP contribution in [0.4, 0.5) is 34.1 Å². The number of hydrogen-bond donors (Lipinski definition) is 0. The second kappa shape index (κ2) is 24.0. The predicted octanol–water partition coefficient (Wildman–Crippen LogP) is 24.0. The summed E-state index contributed by atoms with van der Waals surface area (Å²) in [5, 5.41) is 17.8. The van der Waals surface area contributed by atoms with E-state index in [-0.39, 0.29) is 0 Å². The van der Waals surface area contributed by atoms with Crippen LogP contribution < -0.4 is 9.80 Å². The Hall–Kier alpha value is -14.5. The van der Waals surface area contributed by atoms with Gasteiger partial charge in [-0.3, -0.25) is 0 Å². The SMILES string of the molecule is c1ccc(-c2nnc(-c3ccc(N(c4ccccc4)c4ccc5c(c4)C4(c6ccccc6-c6ccccc64)c4cc(-c6nc7ccccc7nc6-c6ccc7c(c6)C6(c8ccccc8-c8ccccc86)c6cc(N(c8ccccc8)c8ccc(-c9nnc(-c%10ccccc%10)o9)cc8)ccc6-7)ccc4-5)cc3)o2)cc1. The third-order valence-electron chi connectivity index (χ3n) is 22.4. The van der Waals surface area contributed by atoms with Gasteiger partial charge in [-0.1, -0.05) is 218 Å². The van der Waals surface area contributed by atoms with E-state index in [1.807, 2.05) is 60.7 Å². The second-order valence-electron chi connectivity index (χ2n) is 28.1. The van der Waals surface area contributed by atoms with E-state index in [4.69, 9.17) is 18.8 Å². The van der Waals surface area contributed by atoms with Crippen LogP contribution >= 0.6 is 0 Å². The standard InChI is InChI=1S/C98H60N8O2/c1-5-23-61(24-6-1)93-101-103-95(107-93)63-41-47-69(48-42-63)105(67-27-9-3-10-28-67)71-51-55-79-77-53-45-65(57-85(77)97(87(79)59-71)81-35-17-13-31-73(81)74-32-14-18-36-82(74)97)91-92(100-90-40-22-21-39-89(90)99-91)66-46-54-78-80-56-52-72(60-88(80)98(86(78)58-66)83-37-19-15-33-75(83)76-34-16-20-38-84(76)98)106(68-29-11-4-12-30-68)70-49-43-64(44-50-70)96-104-102-94(108-96)62-25-7-2-8-26-62/h1-60H. The lowest BCUT2D eigenvalue weighted by Gasteiger charge is -2.32. The maximum Gasteiger partial charge on any atom is 0.248 e. The fourth-order valence-electron chi connectivity index (χ4n) is 17.9. The Bertz CT molecular complexity index is 6140. The molecule has 3 aromatic heterocycles. The van der Waals surface area contributed by atoms with Gasteiger partial charge < -0.3 is 18.6 Å². The summed E-state index contributed by atoms with van der Waals surface area (Å²) < 4.78 is 12.5. The van der Waals surface area contributed by atoms with Gasteiger partial charge in [-0.2, -0.15) is 0 Å². The van der Waals surface area contributed by atoms with Crippen LogP contribution in [-0.2, 0) is 10.8 Å². The lowest BCUT2D eigenvalue weighted by molar-refractivity contribution is 0.584. The highest BCUT2D eigenvalue weighted by atomic mass is 16.4. The quantitative estimate of drug-likeness (QED) is 0.117. The van der Waals surface area contributed by atoms with Gasteiger partial charge in [-0.15, -0.1) is 20.4 Å². The van der Waals surface area contributed by atoms with Crippen molar-refractivity contribution in [1.82, 2.24) is 30.4 Å². The first-order valence-corrected chi connectivity index (χ1v) is 36.5. The largest absolute Gasteiger partial charge is 0.416 e. The molecule has 0 saturated heterocycles. The first-order chi connectivity index (χ1) is 53.5. The van der Waals surface area contributed by atoms with Crippen molar-refractivity contribution < 1.29 is 8.83 Å². The predicted molar refractivity (Wildman–Crippen MR) is 430 cm³/mol. The van der Waals surface area contributed by atoms with Gasteiger partial charge in [-0.25, -0.2) is 9.97 Å². The third-order valence-corrected chi connectivity index (χ3v) is 22.4. The lowest BCUT2D eigenvalue weighted by Crippen LogP contribution is -2.26. The van der Waals surface area contributed by atoms with Crippen molar-refractivity contribution in [2.45, 2.75) is 10.8 Å². The third kappa shape index (κ3) is 9.13. The smallest absolute Gasteiger partial charge is 0.248 e. The zero-order chi connectivity index (χ0) is 71.0. The van der Waals surface area contributed by atoms with Crippen molar-refractivity contribution in [2.24, 2.45) is 0 Å². The Balaban J connectivity index is 0.696. The first-order valence-electron chi connectivity index (χ1n) is 36.5. The summed E-state index contributed by atoms with van der Waals surface area (Å²) in [6, 6.07) is 131. The number of anilines is 6. The molecule has 22 rings (SSSR count). The van der Waals surface area contributed by atoms with Gasteiger partial charge in [0.15, 0.2) is 0 Å². The van der Waals surface area contributed by atoms with Crippen molar-refractivity contribution in [3.05, 3.63) is 408 Å². The first kappa shape index (κ1) is 61.0. The van der Waals surface area contributed by atoms with Crippen LogP contribution in [0.15, 0.2) is 373 Å². The van der Waals surface area contributed by atoms with Gasteiger partial charge in [0.2, 0.25) is 23.6 Å². The maximum absolute atomic E-state index is 6.27. The molecule has 0 unspecified atom stereocenters. The zero-order valence-electron chi connectivity index (χ0n) is 58.0. The molecule has 4 aliphatic carbocycles. The minimum absolute atomic E-state index is 0.458. The maximum atomic E-state index is 6.27. The van der Waals surface area contributed by atoms with Crippen molar-refractivity contribution in [3.63, 3.8) is 0 Å². The number of rotatable bonds is 12. The molecule has 3 heterocycles. The van der Waals surface area contributed by atoms with Crippen molar-refractivity contribution in [3.8, 4) is 113 Å². The molecule has 0 fully saturated rings. The number of nitrogens with zero attached hydrogens (tertiary/aromatic N) is 8. The van der Waals surface area contributed by atoms with E-state index in [1.165, 1.54) is 89.0 Å². The average Bonchev–Trinajstić information content (AvgIpc) is 1.51. The second-order valence-corrected chi connectivity index (χ2v) is 28.1. The van der Waals surface area contributed by atoms with Gasteiger partial charge in [0.25, 0.3) is 0 Å². The molecule has 0 bridgehead atoms. The van der Waals surface area contributed by atoms with E-state index >= 15 is 0 Å². The van der Waals surface area contributed by atoms with Gasteiger partial charge in [0.05, 0.1) is 33.3 Å². The summed E-state index contributed by atoms with van der Waals surface area (Å²) in [5.41, 5.74) is 32.5. The Morgan fingerprint density at radius 1 is 0.194 bits per heavy atom. The fourth-order valence-corrected chi connectivity index (χ4v) is 17.9. The number of aromatic nitrogens is 6. The van der Waals surface area contributed by atoms with E-state index in [0.717, 1.165) is 89.9 Å². The fraction of sp³-hybridized carbons (Fsp3) is 0.0204. The summed E-state index contributed by atoms with van der Waals surface area (Å²) in [7, 11) is 0. The molecule has 10 heteroatoms. The van der Waals surface area contributed by atoms with Gasteiger partial charge in [-0.05, 0) is 235 Å². The van der Waals surface area contributed by atoms with Gasteiger partial charge in [0, 0.05) is 67.5 Å². The van der Waals surface area contributed by atoms with E-state index in [9.17, 15) is 0 Å². The van der Waals surface area contributed by atoms with Crippen LogP contribution in [0.1, 0.15) is 44.5 Å². The molecule has 2 spiro atoms. The minimum atomic E-state index is -0.731.